The lowest BCUT2D eigenvalue weighted by Crippen LogP contribution is -2.33. The molecular formula is C27H39N7O4. The molecule has 3 heterocycles. The molecule has 0 bridgehead atoms. The second kappa shape index (κ2) is 11.3. The number of Topliss-reactive ketones (excluding diaryl/α,β-unsaturated/α-hetero) is 1. The summed E-state index contributed by atoms with van der Waals surface area (Å²) in [7, 11) is 0. The zero-order valence-corrected chi connectivity index (χ0v) is 22.3. The predicted molar refractivity (Wildman–Crippen MR) is 143 cm³/mol. The Morgan fingerprint density at radius 2 is 1.79 bits per heavy atom. The average Bonchev–Trinajstić information content (AvgIpc) is 3.22. The maximum atomic E-state index is 13.8. The number of hydrogen-bond acceptors (Lipinski definition) is 8. The highest BCUT2D eigenvalue weighted by atomic mass is 16.5. The number of aromatic nitrogens is 4. The van der Waals surface area contributed by atoms with Crippen molar-refractivity contribution in [2.75, 3.05) is 18.5 Å². The summed E-state index contributed by atoms with van der Waals surface area (Å²) in [6, 6.07) is 0.129. The third-order valence-corrected chi connectivity index (χ3v) is 8.67. The topological polar surface area (TPSA) is 155 Å². The molecule has 206 valence electrons. The van der Waals surface area contributed by atoms with Gasteiger partial charge in [-0.25, -0.2) is 19.7 Å². The minimum absolute atomic E-state index is 0.00578. The first-order chi connectivity index (χ1) is 18.3. The van der Waals surface area contributed by atoms with Gasteiger partial charge in [-0.2, -0.15) is 0 Å². The quantitative estimate of drug-likeness (QED) is 0.224. The SMILES string of the molecule is CC1CCC(Cn2c(C(=O)C3CCOCC3)nc3nc(C(=N)NC(=O)O)nc(N[C@H](C)C4CCC4)c32)CC1. The number of amides is 1. The van der Waals surface area contributed by atoms with Gasteiger partial charge >= 0.3 is 6.09 Å². The number of fused-ring (bicyclic) bond motifs is 1. The van der Waals surface area contributed by atoms with E-state index in [1.807, 2.05) is 9.88 Å². The van der Waals surface area contributed by atoms with Crippen molar-refractivity contribution in [1.82, 2.24) is 24.8 Å². The number of amidine groups is 1. The first-order valence-corrected chi connectivity index (χ1v) is 14.1. The molecule has 2 aliphatic carbocycles. The van der Waals surface area contributed by atoms with Crippen molar-refractivity contribution in [3.63, 3.8) is 0 Å². The molecule has 11 heteroatoms. The van der Waals surface area contributed by atoms with Crippen LogP contribution in [0.2, 0.25) is 0 Å². The maximum Gasteiger partial charge on any atom is 0.410 e. The van der Waals surface area contributed by atoms with Crippen LogP contribution in [0.5, 0.6) is 0 Å². The van der Waals surface area contributed by atoms with E-state index >= 15 is 0 Å². The number of carbonyl (C=O) groups is 2. The van der Waals surface area contributed by atoms with E-state index in [1.165, 1.54) is 19.3 Å². The van der Waals surface area contributed by atoms with Gasteiger partial charge in [0.1, 0.15) is 5.52 Å². The van der Waals surface area contributed by atoms with Crippen molar-refractivity contribution in [2.45, 2.75) is 84.2 Å². The maximum absolute atomic E-state index is 13.8. The molecule has 38 heavy (non-hydrogen) atoms. The van der Waals surface area contributed by atoms with Crippen LogP contribution in [0.3, 0.4) is 0 Å². The van der Waals surface area contributed by atoms with Crippen molar-refractivity contribution < 1.29 is 19.4 Å². The Bertz CT molecular complexity index is 1190. The van der Waals surface area contributed by atoms with Crippen LogP contribution in [-0.2, 0) is 11.3 Å². The monoisotopic (exact) mass is 525 g/mol. The van der Waals surface area contributed by atoms with Gasteiger partial charge in [0.15, 0.2) is 28.9 Å². The van der Waals surface area contributed by atoms with Gasteiger partial charge in [0.2, 0.25) is 5.78 Å². The summed E-state index contributed by atoms with van der Waals surface area (Å²) in [4.78, 5) is 38.9. The third-order valence-electron chi connectivity index (χ3n) is 8.67. The van der Waals surface area contributed by atoms with Gasteiger partial charge in [0.05, 0.1) is 0 Å². The van der Waals surface area contributed by atoms with Crippen molar-refractivity contribution in [2.24, 2.45) is 23.7 Å². The van der Waals surface area contributed by atoms with E-state index in [4.69, 9.17) is 20.2 Å². The van der Waals surface area contributed by atoms with Crippen LogP contribution in [0.4, 0.5) is 10.6 Å². The Hall–Kier alpha value is -3.08. The van der Waals surface area contributed by atoms with Crippen molar-refractivity contribution in [3.8, 4) is 0 Å². The molecule has 5 rings (SSSR count). The summed E-state index contributed by atoms with van der Waals surface area (Å²) >= 11 is 0. The molecule has 0 radical (unpaired) electrons. The number of hydrogen-bond donors (Lipinski definition) is 4. The van der Waals surface area contributed by atoms with Gasteiger partial charge in [-0.05, 0) is 63.2 Å². The van der Waals surface area contributed by atoms with E-state index in [0.29, 0.717) is 73.2 Å². The molecule has 2 aromatic heterocycles. The van der Waals surface area contributed by atoms with Crippen molar-refractivity contribution >= 4 is 34.7 Å². The molecule has 3 fully saturated rings. The first-order valence-electron chi connectivity index (χ1n) is 14.1. The predicted octanol–water partition coefficient (Wildman–Crippen LogP) is 4.46. The van der Waals surface area contributed by atoms with Gasteiger partial charge in [-0.1, -0.05) is 26.2 Å². The first kappa shape index (κ1) is 26.5. The van der Waals surface area contributed by atoms with E-state index in [-0.39, 0.29) is 23.6 Å². The highest BCUT2D eigenvalue weighted by Crippen LogP contribution is 2.35. The molecule has 1 saturated heterocycles. The average molecular weight is 526 g/mol. The highest BCUT2D eigenvalue weighted by Gasteiger charge is 2.32. The number of nitrogens with zero attached hydrogens (tertiary/aromatic N) is 4. The second-order valence-electron chi connectivity index (χ2n) is 11.4. The molecule has 0 spiro atoms. The van der Waals surface area contributed by atoms with Crippen LogP contribution in [-0.4, -0.2) is 61.6 Å². The molecular weight excluding hydrogens is 486 g/mol. The molecule has 1 atom stereocenters. The molecule has 3 aliphatic rings. The number of rotatable bonds is 8. The van der Waals surface area contributed by atoms with Gasteiger partial charge in [-0.3, -0.25) is 15.5 Å². The smallest absolute Gasteiger partial charge is 0.410 e. The molecule has 11 nitrogen and oxygen atoms in total. The van der Waals surface area contributed by atoms with Crippen LogP contribution in [0, 0.1) is 29.1 Å². The zero-order valence-electron chi connectivity index (χ0n) is 22.3. The number of ether oxygens (including phenoxy) is 1. The lowest BCUT2D eigenvalue weighted by molar-refractivity contribution is 0.0534. The number of anilines is 1. The molecule has 2 aromatic rings. The largest absolute Gasteiger partial charge is 0.465 e. The van der Waals surface area contributed by atoms with E-state index < -0.39 is 11.9 Å². The van der Waals surface area contributed by atoms with Crippen LogP contribution in [0.1, 0.15) is 88.1 Å². The van der Waals surface area contributed by atoms with Crippen LogP contribution in [0.25, 0.3) is 11.2 Å². The Balaban J connectivity index is 1.60. The summed E-state index contributed by atoms with van der Waals surface area (Å²) in [5.41, 5.74) is 0.979. The number of ketones is 1. The Labute approximate surface area is 222 Å². The van der Waals surface area contributed by atoms with Gasteiger partial charge in [0.25, 0.3) is 0 Å². The lowest BCUT2D eigenvalue weighted by Gasteiger charge is -2.32. The van der Waals surface area contributed by atoms with Gasteiger partial charge < -0.3 is 19.7 Å². The van der Waals surface area contributed by atoms with Gasteiger partial charge in [-0.15, -0.1) is 0 Å². The second-order valence-corrected chi connectivity index (χ2v) is 11.4. The lowest BCUT2D eigenvalue weighted by atomic mass is 9.80. The molecule has 1 amide bonds. The summed E-state index contributed by atoms with van der Waals surface area (Å²) in [5.74, 6) is 1.89. The molecule has 2 saturated carbocycles. The van der Waals surface area contributed by atoms with Crippen molar-refractivity contribution in [1.29, 1.82) is 5.41 Å². The zero-order chi connectivity index (χ0) is 26.8. The fraction of sp³-hybridized carbons (Fsp3) is 0.704. The van der Waals surface area contributed by atoms with Crippen LogP contribution < -0.4 is 10.6 Å². The minimum atomic E-state index is -1.36. The van der Waals surface area contributed by atoms with E-state index in [2.05, 4.69) is 29.1 Å². The fourth-order valence-electron chi connectivity index (χ4n) is 5.96. The standard InChI is InChI=1S/C27H39N7O4/c1-15-6-8-17(9-7-15)14-34-20-23(29-16(2)18-4-3-5-18)31-25(22(28)30-27(36)37)32-24(20)33-26(34)21(35)19-10-12-38-13-11-19/h15-19H,3-14H2,1-2H3,(H2,28,30)(H,36,37)(H,29,31,32)/t15?,16-,17?/m1/s1. The third kappa shape index (κ3) is 5.67. The van der Waals surface area contributed by atoms with E-state index in [0.717, 1.165) is 25.7 Å². The highest BCUT2D eigenvalue weighted by molar-refractivity contribution is 6.04. The summed E-state index contributed by atoms with van der Waals surface area (Å²) in [5, 5.41) is 23.0. The number of carbonyl (C=O) groups excluding carboxylic acids is 1. The number of imidazole rings is 1. The fourth-order valence-corrected chi connectivity index (χ4v) is 5.96. The van der Waals surface area contributed by atoms with Gasteiger partial charge in [0, 0.05) is 31.7 Å². The summed E-state index contributed by atoms with van der Waals surface area (Å²) < 4.78 is 7.51. The number of carboxylic acid groups (broad SMARTS) is 1. The number of nitrogens with one attached hydrogen (secondary N) is 3. The summed E-state index contributed by atoms with van der Waals surface area (Å²) in [6.07, 6.45) is 7.98. The molecule has 0 unspecified atom stereocenters. The van der Waals surface area contributed by atoms with Crippen molar-refractivity contribution in [3.05, 3.63) is 11.6 Å². The Morgan fingerprint density at radius 1 is 1.08 bits per heavy atom. The van der Waals surface area contributed by atoms with E-state index in [1.54, 1.807) is 0 Å². The molecule has 4 N–H and O–H groups in total. The van der Waals surface area contributed by atoms with Crippen LogP contribution >= 0.6 is 0 Å². The Morgan fingerprint density at radius 3 is 2.42 bits per heavy atom. The van der Waals surface area contributed by atoms with Crippen LogP contribution in [0.15, 0.2) is 0 Å². The summed E-state index contributed by atoms with van der Waals surface area (Å²) in [6.45, 7) is 6.20. The minimum Gasteiger partial charge on any atom is -0.465 e. The Kier molecular flexibility index (Phi) is 7.92. The van der Waals surface area contributed by atoms with E-state index in [9.17, 15) is 9.59 Å². The molecule has 1 aliphatic heterocycles. The normalized spacial score (nSPS) is 23.5. The molecule has 0 aromatic carbocycles.